The molecule has 0 aromatic heterocycles. The number of allylic oxidation sites excluding steroid dienone is 1. The van der Waals surface area contributed by atoms with Crippen molar-refractivity contribution in [2.75, 3.05) is 0 Å². The van der Waals surface area contributed by atoms with E-state index in [2.05, 4.69) is 13.0 Å². The van der Waals surface area contributed by atoms with Crippen LogP contribution >= 0.6 is 0 Å². The smallest absolute Gasteiger partial charge is 0.550 e. The standard InChI is InChI=1S/C22H32O4.Li/c1-2-3-4-5-6-7-10-21(24)19-15-12-18(13-16-19)14-17-20(23)9-8-11-22(25)26;/h6-7,12-17,20-21,23-24H,2-5,8-11H2,1H3,(H,25,26);/q;+1/p-1/b7-6-,17-14-;/t20-,21?;/m0./s1. The molecule has 1 aromatic carbocycles. The summed E-state index contributed by atoms with van der Waals surface area (Å²) in [4.78, 5) is 10.3. The van der Waals surface area contributed by atoms with Gasteiger partial charge in [0.2, 0.25) is 0 Å². The molecule has 2 N–H and O–H groups in total. The van der Waals surface area contributed by atoms with Gasteiger partial charge in [0.15, 0.2) is 0 Å². The number of carbonyl (C=O) groups is 1. The third-order valence-corrected chi connectivity index (χ3v) is 4.21. The van der Waals surface area contributed by atoms with Gasteiger partial charge >= 0.3 is 18.9 Å². The third kappa shape index (κ3) is 12.7. The Bertz CT molecular complexity index is 566. The molecule has 0 spiro atoms. The van der Waals surface area contributed by atoms with Crippen molar-refractivity contribution in [1.82, 2.24) is 0 Å². The van der Waals surface area contributed by atoms with E-state index in [0.29, 0.717) is 19.3 Å². The Hall–Kier alpha value is -1.31. The summed E-state index contributed by atoms with van der Waals surface area (Å²) in [5.74, 6) is -1.09. The molecule has 0 fully saturated rings. The van der Waals surface area contributed by atoms with Gasteiger partial charge in [-0.3, -0.25) is 0 Å². The van der Waals surface area contributed by atoms with Crippen molar-refractivity contribution >= 4 is 12.0 Å². The summed E-state index contributed by atoms with van der Waals surface area (Å²) in [7, 11) is 0. The first kappa shape index (κ1) is 25.7. The monoisotopic (exact) mass is 366 g/mol. The van der Waals surface area contributed by atoms with Crippen molar-refractivity contribution in [3.8, 4) is 0 Å². The minimum Gasteiger partial charge on any atom is -0.550 e. The summed E-state index contributed by atoms with van der Waals surface area (Å²) in [5, 5.41) is 30.3. The Kier molecular flexibility index (Phi) is 15.0. The molecule has 0 amide bonds. The van der Waals surface area contributed by atoms with Gasteiger partial charge in [0, 0.05) is 5.97 Å². The zero-order valence-corrected chi connectivity index (χ0v) is 16.6. The third-order valence-electron chi connectivity index (χ3n) is 4.21. The predicted octanol–water partition coefficient (Wildman–Crippen LogP) is 0.545. The molecule has 0 aliphatic heterocycles. The normalized spacial score (nSPS) is 13.6. The molecule has 5 heteroatoms. The van der Waals surface area contributed by atoms with Crippen molar-refractivity contribution in [2.45, 2.75) is 70.5 Å². The first-order chi connectivity index (χ1) is 12.5. The molecule has 1 rings (SSSR count). The number of aliphatic hydroxyl groups excluding tert-OH is 2. The maximum atomic E-state index is 10.3. The fraction of sp³-hybridized carbons (Fsp3) is 0.500. The van der Waals surface area contributed by atoms with Crippen LogP contribution in [0.15, 0.2) is 42.5 Å². The van der Waals surface area contributed by atoms with Crippen LogP contribution in [0.25, 0.3) is 6.08 Å². The number of aliphatic hydroxyl groups is 2. The topological polar surface area (TPSA) is 80.6 Å². The number of carbonyl (C=O) groups excluding carboxylic acids is 1. The number of hydrogen-bond donors (Lipinski definition) is 2. The van der Waals surface area contributed by atoms with Gasteiger partial charge < -0.3 is 20.1 Å². The SMILES string of the molecule is CCCCC/C=C\CC(O)c1ccc(/C=C\[C@@H](O)CCCC(=O)[O-])cc1.[Li+]. The molecule has 0 bridgehead atoms. The number of benzene rings is 1. The molecular formula is C22H31LiO4. The van der Waals surface area contributed by atoms with Gasteiger partial charge in [-0.25, -0.2) is 0 Å². The molecule has 144 valence electrons. The number of rotatable bonds is 13. The number of unbranched alkanes of at least 4 members (excludes halogenated alkanes) is 3. The van der Waals surface area contributed by atoms with Gasteiger partial charge in [-0.05, 0) is 49.7 Å². The van der Waals surface area contributed by atoms with Crippen LogP contribution in [-0.2, 0) is 4.79 Å². The van der Waals surface area contributed by atoms with Crippen LogP contribution in [0.2, 0.25) is 0 Å². The first-order valence-corrected chi connectivity index (χ1v) is 9.52. The minimum absolute atomic E-state index is 0. The maximum absolute atomic E-state index is 10.3. The largest absolute Gasteiger partial charge is 1.00 e. The van der Waals surface area contributed by atoms with E-state index < -0.39 is 18.2 Å². The van der Waals surface area contributed by atoms with Gasteiger partial charge in [0.05, 0.1) is 12.2 Å². The number of carboxylic acid groups (broad SMARTS) is 1. The Labute approximate surface area is 175 Å². The second-order valence-electron chi connectivity index (χ2n) is 6.58. The van der Waals surface area contributed by atoms with Crippen LogP contribution in [0.4, 0.5) is 0 Å². The van der Waals surface area contributed by atoms with E-state index in [4.69, 9.17) is 0 Å². The predicted molar refractivity (Wildman–Crippen MR) is 103 cm³/mol. The van der Waals surface area contributed by atoms with Crippen molar-refractivity contribution in [3.63, 3.8) is 0 Å². The van der Waals surface area contributed by atoms with E-state index >= 15 is 0 Å². The van der Waals surface area contributed by atoms with E-state index in [9.17, 15) is 20.1 Å². The molecule has 0 radical (unpaired) electrons. The Balaban J connectivity index is 0.00000676. The molecule has 2 atom stereocenters. The first-order valence-electron chi connectivity index (χ1n) is 9.52. The summed E-state index contributed by atoms with van der Waals surface area (Å²) in [5.41, 5.74) is 1.80. The fourth-order valence-corrected chi connectivity index (χ4v) is 2.59. The van der Waals surface area contributed by atoms with Crippen molar-refractivity contribution in [2.24, 2.45) is 0 Å². The van der Waals surface area contributed by atoms with E-state index in [-0.39, 0.29) is 25.3 Å². The van der Waals surface area contributed by atoms with Crippen LogP contribution in [0.1, 0.15) is 75.5 Å². The Morgan fingerprint density at radius 3 is 2.44 bits per heavy atom. The van der Waals surface area contributed by atoms with Crippen LogP contribution < -0.4 is 24.0 Å². The van der Waals surface area contributed by atoms with Crippen LogP contribution in [0.5, 0.6) is 0 Å². The van der Waals surface area contributed by atoms with E-state index in [0.717, 1.165) is 17.5 Å². The van der Waals surface area contributed by atoms with Gasteiger partial charge in [-0.15, -0.1) is 0 Å². The molecule has 0 aliphatic carbocycles. The average Bonchev–Trinajstić information content (AvgIpc) is 2.63. The van der Waals surface area contributed by atoms with E-state index in [1.165, 1.54) is 19.3 Å². The second-order valence-corrected chi connectivity index (χ2v) is 6.58. The van der Waals surface area contributed by atoms with E-state index in [1.54, 1.807) is 12.2 Å². The van der Waals surface area contributed by atoms with Crippen LogP contribution in [0.3, 0.4) is 0 Å². The zero-order valence-electron chi connectivity index (χ0n) is 16.6. The fourth-order valence-electron chi connectivity index (χ4n) is 2.59. The van der Waals surface area contributed by atoms with Crippen LogP contribution in [-0.4, -0.2) is 22.3 Å². The summed E-state index contributed by atoms with van der Waals surface area (Å²) < 4.78 is 0. The minimum atomic E-state index is -1.09. The molecule has 1 unspecified atom stereocenters. The van der Waals surface area contributed by atoms with Crippen molar-refractivity contribution in [3.05, 3.63) is 53.6 Å². The second kappa shape index (κ2) is 15.7. The van der Waals surface area contributed by atoms with Gasteiger partial charge in [-0.2, -0.15) is 0 Å². The molecular weight excluding hydrogens is 335 g/mol. The number of hydrogen-bond acceptors (Lipinski definition) is 4. The summed E-state index contributed by atoms with van der Waals surface area (Å²) in [6.07, 6.45) is 12.5. The Morgan fingerprint density at radius 1 is 1.11 bits per heavy atom. The summed E-state index contributed by atoms with van der Waals surface area (Å²) >= 11 is 0. The van der Waals surface area contributed by atoms with Gasteiger partial charge in [0.25, 0.3) is 0 Å². The average molecular weight is 366 g/mol. The van der Waals surface area contributed by atoms with Gasteiger partial charge in [-0.1, -0.05) is 68.3 Å². The summed E-state index contributed by atoms with van der Waals surface area (Å²) in [6, 6.07) is 7.57. The molecule has 4 nitrogen and oxygen atoms in total. The summed E-state index contributed by atoms with van der Waals surface area (Å²) in [6.45, 7) is 2.18. The van der Waals surface area contributed by atoms with Crippen molar-refractivity contribution in [1.29, 1.82) is 0 Å². The Morgan fingerprint density at radius 2 is 1.81 bits per heavy atom. The number of carboxylic acids is 1. The molecule has 1 aromatic rings. The maximum Gasteiger partial charge on any atom is 1.00 e. The zero-order chi connectivity index (χ0) is 19.2. The molecule has 0 heterocycles. The molecule has 0 aliphatic rings. The molecule has 0 saturated carbocycles. The molecule has 27 heavy (non-hydrogen) atoms. The van der Waals surface area contributed by atoms with Crippen molar-refractivity contribution < 1.29 is 39.0 Å². The van der Waals surface area contributed by atoms with Crippen LogP contribution in [0, 0.1) is 0 Å². The quantitative estimate of drug-likeness (QED) is 0.303. The van der Waals surface area contributed by atoms with E-state index in [1.807, 2.05) is 30.3 Å². The van der Waals surface area contributed by atoms with Gasteiger partial charge in [0.1, 0.15) is 0 Å². The number of aliphatic carboxylic acids is 1. The molecule has 0 saturated heterocycles.